The summed E-state index contributed by atoms with van der Waals surface area (Å²) in [6.07, 6.45) is 6.78. The van der Waals surface area contributed by atoms with Crippen LogP contribution in [0.2, 0.25) is 0 Å². The molecular formula is C20H23N5O2. The molecule has 1 atom stereocenters. The molecule has 2 aromatic rings. The van der Waals surface area contributed by atoms with Crippen LogP contribution < -0.4 is 10.2 Å². The fraction of sp³-hybridized carbons (Fsp3) is 0.400. The first-order chi connectivity index (χ1) is 13.2. The van der Waals surface area contributed by atoms with Crippen LogP contribution in [0.1, 0.15) is 18.4 Å². The Kier molecular flexibility index (Phi) is 5.00. The number of anilines is 2. The highest BCUT2D eigenvalue weighted by atomic mass is 16.2. The molecule has 1 N–H and O–H groups in total. The largest absolute Gasteiger partial charge is 0.352 e. The summed E-state index contributed by atoms with van der Waals surface area (Å²) < 4.78 is 0. The number of hydrogen-bond acceptors (Lipinski definition) is 5. The second kappa shape index (κ2) is 7.73. The molecule has 0 saturated carbocycles. The van der Waals surface area contributed by atoms with Gasteiger partial charge in [0, 0.05) is 56.6 Å². The van der Waals surface area contributed by atoms with E-state index in [2.05, 4.69) is 20.2 Å². The molecule has 1 saturated heterocycles. The number of hydrogen-bond donors (Lipinski definition) is 1. The molecule has 2 aliphatic heterocycles. The molecule has 4 rings (SSSR count). The Hall–Kier alpha value is -2.96. The predicted molar refractivity (Wildman–Crippen MR) is 102 cm³/mol. The summed E-state index contributed by atoms with van der Waals surface area (Å²) in [5, 5.41) is 2.95. The zero-order valence-corrected chi connectivity index (χ0v) is 15.2. The third-order valence-electron chi connectivity index (χ3n) is 5.32. The average Bonchev–Trinajstić information content (AvgIpc) is 2.73. The quantitative estimate of drug-likeness (QED) is 0.893. The van der Waals surface area contributed by atoms with Gasteiger partial charge in [-0.3, -0.25) is 14.6 Å². The molecule has 0 bridgehead atoms. The van der Waals surface area contributed by atoms with Gasteiger partial charge in [0.2, 0.25) is 11.8 Å². The van der Waals surface area contributed by atoms with Crippen molar-refractivity contribution in [3.63, 3.8) is 0 Å². The fourth-order valence-electron chi connectivity index (χ4n) is 3.74. The minimum absolute atomic E-state index is 0.0222. The molecular weight excluding hydrogens is 342 g/mol. The molecule has 7 heteroatoms. The number of nitrogens with one attached hydrogen (secondary N) is 1. The fourth-order valence-corrected chi connectivity index (χ4v) is 3.74. The normalized spacial score (nSPS) is 19.4. The van der Waals surface area contributed by atoms with E-state index in [0.29, 0.717) is 32.4 Å². The van der Waals surface area contributed by atoms with Crippen LogP contribution in [0.25, 0.3) is 0 Å². The van der Waals surface area contributed by atoms with E-state index >= 15 is 0 Å². The highest BCUT2D eigenvalue weighted by Crippen LogP contribution is 2.27. The molecule has 27 heavy (non-hydrogen) atoms. The number of nitrogens with zero attached hydrogens (tertiary/aromatic N) is 4. The van der Waals surface area contributed by atoms with Crippen LogP contribution in [0, 0.1) is 5.92 Å². The monoisotopic (exact) mass is 365 g/mol. The van der Waals surface area contributed by atoms with E-state index in [-0.39, 0.29) is 17.7 Å². The lowest BCUT2D eigenvalue weighted by Crippen LogP contribution is -2.49. The van der Waals surface area contributed by atoms with E-state index in [9.17, 15) is 9.59 Å². The van der Waals surface area contributed by atoms with Gasteiger partial charge >= 0.3 is 0 Å². The first kappa shape index (κ1) is 17.5. The van der Waals surface area contributed by atoms with E-state index < -0.39 is 0 Å². The number of carbonyl (C=O) groups is 2. The minimum atomic E-state index is -0.135. The van der Waals surface area contributed by atoms with Crippen LogP contribution in [-0.2, 0) is 16.0 Å². The zero-order chi connectivity index (χ0) is 18.6. The maximum absolute atomic E-state index is 12.6. The Balaban J connectivity index is 1.27. The van der Waals surface area contributed by atoms with Gasteiger partial charge in [-0.05, 0) is 24.5 Å². The summed E-state index contributed by atoms with van der Waals surface area (Å²) in [6, 6.07) is 7.86. The molecule has 0 spiro atoms. The van der Waals surface area contributed by atoms with Crippen molar-refractivity contribution in [2.45, 2.75) is 19.3 Å². The molecule has 3 heterocycles. The molecule has 0 radical (unpaired) electrons. The molecule has 7 nitrogen and oxygen atoms in total. The van der Waals surface area contributed by atoms with Gasteiger partial charge in [-0.15, -0.1) is 0 Å². The summed E-state index contributed by atoms with van der Waals surface area (Å²) in [4.78, 5) is 37.3. The van der Waals surface area contributed by atoms with Crippen LogP contribution in [-0.4, -0.2) is 52.9 Å². The van der Waals surface area contributed by atoms with Crippen LogP contribution >= 0.6 is 0 Å². The number of carbonyl (C=O) groups excluding carboxylic acids is 2. The Morgan fingerprint density at radius 1 is 1.15 bits per heavy atom. The van der Waals surface area contributed by atoms with E-state index in [1.165, 1.54) is 0 Å². The Labute approximate surface area is 158 Å². The van der Waals surface area contributed by atoms with Gasteiger partial charge in [-0.25, -0.2) is 4.98 Å². The number of aromatic nitrogens is 2. The van der Waals surface area contributed by atoms with Gasteiger partial charge in [0.05, 0.1) is 6.20 Å². The summed E-state index contributed by atoms with van der Waals surface area (Å²) >= 11 is 0. The lowest BCUT2D eigenvalue weighted by atomic mass is 9.89. The van der Waals surface area contributed by atoms with Crippen molar-refractivity contribution in [1.29, 1.82) is 0 Å². The summed E-state index contributed by atoms with van der Waals surface area (Å²) in [6.45, 7) is 2.85. The van der Waals surface area contributed by atoms with Crippen LogP contribution in [0.15, 0.2) is 42.9 Å². The molecule has 0 aliphatic carbocycles. The lowest BCUT2D eigenvalue weighted by Gasteiger charge is -2.35. The summed E-state index contributed by atoms with van der Waals surface area (Å²) in [5.74, 6) is 0.862. The van der Waals surface area contributed by atoms with E-state index in [4.69, 9.17) is 0 Å². The summed E-state index contributed by atoms with van der Waals surface area (Å²) in [5.41, 5.74) is 2.04. The first-order valence-corrected chi connectivity index (χ1v) is 9.38. The molecule has 2 amide bonds. The van der Waals surface area contributed by atoms with Crippen LogP contribution in [0.3, 0.4) is 0 Å². The number of benzene rings is 1. The van der Waals surface area contributed by atoms with E-state index in [0.717, 1.165) is 30.2 Å². The van der Waals surface area contributed by atoms with Gasteiger partial charge in [0.25, 0.3) is 0 Å². The highest BCUT2D eigenvalue weighted by molar-refractivity contribution is 5.96. The van der Waals surface area contributed by atoms with Crippen LogP contribution in [0.5, 0.6) is 0 Å². The van der Waals surface area contributed by atoms with Crippen molar-refractivity contribution in [1.82, 2.24) is 14.9 Å². The van der Waals surface area contributed by atoms with Gasteiger partial charge < -0.3 is 15.1 Å². The number of para-hydroxylation sites is 1. The lowest BCUT2D eigenvalue weighted by molar-refractivity contribution is -0.132. The number of fused-ring (bicyclic) bond motifs is 1. The molecule has 1 unspecified atom stereocenters. The van der Waals surface area contributed by atoms with Crippen molar-refractivity contribution in [2.24, 2.45) is 5.92 Å². The molecule has 2 aliphatic rings. The minimum Gasteiger partial charge on any atom is -0.352 e. The first-order valence-electron chi connectivity index (χ1n) is 9.38. The second-order valence-electron chi connectivity index (χ2n) is 7.02. The number of amides is 2. The maximum Gasteiger partial charge on any atom is 0.227 e. The van der Waals surface area contributed by atoms with Crippen molar-refractivity contribution < 1.29 is 9.59 Å². The van der Waals surface area contributed by atoms with Gasteiger partial charge in [0.15, 0.2) is 0 Å². The molecule has 1 aromatic carbocycles. The van der Waals surface area contributed by atoms with Crippen molar-refractivity contribution in [2.75, 3.05) is 36.4 Å². The van der Waals surface area contributed by atoms with Gasteiger partial charge in [-0.1, -0.05) is 18.2 Å². The van der Waals surface area contributed by atoms with Gasteiger partial charge in [-0.2, -0.15) is 0 Å². The Morgan fingerprint density at radius 3 is 2.74 bits per heavy atom. The Bertz CT molecular complexity index is 818. The molecule has 1 fully saturated rings. The maximum atomic E-state index is 12.6. The third-order valence-corrected chi connectivity index (χ3v) is 5.32. The second-order valence-corrected chi connectivity index (χ2v) is 7.02. The van der Waals surface area contributed by atoms with Gasteiger partial charge in [0.1, 0.15) is 5.82 Å². The number of piperazine rings is 1. The molecule has 1 aromatic heterocycles. The number of rotatable bonds is 4. The highest BCUT2D eigenvalue weighted by Gasteiger charge is 2.28. The Morgan fingerprint density at radius 2 is 1.96 bits per heavy atom. The average molecular weight is 365 g/mol. The smallest absolute Gasteiger partial charge is 0.227 e. The predicted octanol–water partition coefficient (Wildman–Crippen LogP) is 1.72. The molecule has 140 valence electrons. The standard InChI is InChI=1S/C20H23N5O2/c26-19(25-11-9-24(10-12-25)18-14-21-7-8-22-18)6-5-16-13-15-3-1-2-4-17(15)23-20(16)27/h1-4,7-8,14,16H,5-6,9-13H2,(H,23,27). The van der Waals surface area contributed by atoms with Crippen molar-refractivity contribution in [3.05, 3.63) is 48.4 Å². The van der Waals surface area contributed by atoms with Crippen molar-refractivity contribution in [3.8, 4) is 0 Å². The SMILES string of the molecule is O=C1Nc2ccccc2CC1CCC(=O)N1CCN(c2cnccn2)CC1. The van der Waals surface area contributed by atoms with Crippen LogP contribution in [0.4, 0.5) is 11.5 Å². The summed E-state index contributed by atoms with van der Waals surface area (Å²) in [7, 11) is 0. The van der Waals surface area contributed by atoms with Crippen molar-refractivity contribution >= 4 is 23.3 Å². The topological polar surface area (TPSA) is 78.4 Å². The zero-order valence-electron chi connectivity index (χ0n) is 15.2. The van der Waals surface area contributed by atoms with E-state index in [1.807, 2.05) is 29.2 Å². The van der Waals surface area contributed by atoms with E-state index in [1.54, 1.807) is 18.6 Å². The third kappa shape index (κ3) is 3.92.